The molecule has 2 atom stereocenters. The molecule has 2 aliphatic heterocycles. The maximum absolute atomic E-state index is 10.3. The summed E-state index contributed by atoms with van der Waals surface area (Å²) in [6.07, 6.45) is 13.1. The molecule has 2 unspecified atom stereocenters. The summed E-state index contributed by atoms with van der Waals surface area (Å²) in [7, 11) is 0. The van der Waals surface area contributed by atoms with E-state index in [4.69, 9.17) is 16.6 Å². The lowest BCUT2D eigenvalue weighted by Gasteiger charge is -2.31. The van der Waals surface area contributed by atoms with Crippen LogP contribution in [-0.2, 0) is 0 Å². The average Bonchev–Trinajstić information content (AvgIpc) is 3.28. The van der Waals surface area contributed by atoms with Crippen molar-refractivity contribution in [1.29, 1.82) is 0 Å². The normalized spacial score (nSPS) is 29.2. The van der Waals surface area contributed by atoms with Gasteiger partial charge in [-0.1, -0.05) is 36.9 Å². The van der Waals surface area contributed by atoms with E-state index in [0.717, 1.165) is 43.2 Å². The van der Waals surface area contributed by atoms with Crippen molar-refractivity contribution in [2.45, 2.75) is 32.3 Å². The van der Waals surface area contributed by atoms with Gasteiger partial charge in [0, 0.05) is 30.9 Å². The van der Waals surface area contributed by atoms with E-state index >= 15 is 0 Å². The molecule has 1 N–H and O–H groups in total. The van der Waals surface area contributed by atoms with Crippen LogP contribution in [0.3, 0.4) is 0 Å². The number of amidine groups is 1. The molecule has 0 aromatic heterocycles. The molecule has 3 rings (SSSR count). The van der Waals surface area contributed by atoms with Gasteiger partial charge in [-0.2, -0.15) is 0 Å². The van der Waals surface area contributed by atoms with Gasteiger partial charge in [-0.3, -0.25) is 0 Å². The molecular weight excluding hydrogens is 346 g/mol. The first-order valence-corrected chi connectivity index (χ1v) is 9.33. The second-order valence-electron chi connectivity index (χ2n) is 7.00. The number of hydrogen-bond donors (Lipinski definition) is 1. The summed E-state index contributed by atoms with van der Waals surface area (Å²) in [4.78, 5) is 8.94. The smallest absolute Gasteiger partial charge is 0.128 e. The van der Waals surface area contributed by atoms with E-state index in [1.54, 1.807) is 0 Å². The molecule has 138 valence electrons. The van der Waals surface area contributed by atoms with Gasteiger partial charge in [-0.15, -0.1) is 0 Å². The molecule has 1 saturated carbocycles. The molecule has 0 radical (unpaired) electrons. The third-order valence-electron chi connectivity index (χ3n) is 5.17. The van der Waals surface area contributed by atoms with E-state index in [1.807, 2.05) is 55.3 Å². The summed E-state index contributed by atoms with van der Waals surface area (Å²) >= 11 is 6.15. The lowest BCUT2D eigenvalue weighted by atomic mass is 10.1. The third-order valence-corrected chi connectivity index (χ3v) is 5.39. The Hall–Kier alpha value is -2.04. The second-order valence-corrected chi connectivity index (χ2v) is 7.44. The molecule has 0 aromatic rings. The number of aliphatic imine (C=N–C) groups is 1. The van der Waals surface area contributed by atoms with E-state index in [0.29, 0.717) is 16.6 Å². The number of hydrogen-bond acceptors (Lipinski definition) is 3. The SMILES string of the molecule is C=C(N=C(/C=C\C)N1CCC2(O)CC2C1)/C(=C/C)N1C=C(Cl)C=CC1=C. The summed E-state index contributed by atoms with van der Waals surface area (Å²) in [5, 5.41) is 10.9. The van der Waals surface area contributed by atoms with Crippen LogP contribution < -0.4 is 0 Å². The molecule has 0 bridgehead atoms. The van der Waals surface area contributed by atoms with Crippen molar-refractivity contribution in [1.82, 2.24) is 9.80 Å². The summed E-state index contributed by atoms with van der Waals surface area (Å²) in [5.41, 5.74) is 1.88. The number of fused-ring (bicyclic) bond motifs is 1. The Bertz CT molecular complexity index is 774. The molecule has 0 amide bonds. The Kier molecular flexibility index (Phi) is 5.26. The van der Waals surface area contributed by atoms with Crippen molar-refractivity contribution in [3.8, 4) is 0 Å². The molecule has 2 fully saturated rings. The van der Waals surface area contributed by atoms with Gasteiger partial charge in [0.2, 0.25) is 0 Å². The van der Waals surface area contributed by atoms with Crippen LogP contribution in [-0.4, -0.2) is 39.4 Å². The van der Waals surface area contributed by atoms with E-state index < -0.39 is 5.60 Å². The second kappa shape index (κ2) is 7.29. The maximum atomic E-state index is 10.3. The van der Waals surface area contributed by atoms with Gasteiger partial charge < -0.3 is 14.9 Å². The number of allylic oxidation sites excluding steroid dienone is 5. The van der Waals surface area contributed by atoms with Crippen molar-refractivity contribution >= 4 is 17.4 Å². The zero-order valence-electron chi connectivity index (χ0n) is 15.5. The first-order chi connectivity index (χ1) is 12.4. The van der Waals surface area contributed by atoms with Gasteiger partial charge >= 0.3 is 0 Å². The zero-order chi connectivity index (χ0) is 18.9. The molecule has 1 aliphatic carbocycles. The van der Waals surface area contributed by atoms with Crippen LogP contribution >= 0.6 is 11.6 Å². The number of nitrogens with zero attached hydrogens (tertiary/aromatic N) is 3. The van der Waals surface area contributed by atoms with Gasteiger partial charge in [0.15, 0.2) is 0 Å². The van der Waals surface area contributed by atoms with Crippen LogP contribution in [0.2, 0.25) is 0 Å². The molecule has 5 heteroatoms. The lowest BCUT2D eigenvalue weighted by Crippen LogP contribution is -2.40. The predicted octanol–water partition coefficient (Wildman–Crippen LogP) is 4.30. The highest BCUT2D eigenvalue weighted by molar-refractivity contribution is 6.31. The fourth-order valence-electron chi connectivity index (χ4n) is 3.53. The fourth-order valence-corrected chi connectivity index (χ4v) is 3.70. The first kappa shape index (κ1) is 18.7. The van der Waals surface area contributed by atoms with Crippen molar-refractivity contribution < 1.29 is 5.11 Å². The fraction of sp³-hybridized carbons (Fsp3) is 0.381. The van der Waals surface area contributed by atoms with Gasteiger partial charge in [-0.05, 0) is 44.9 Å². The number of aliphatic hydroxyl groups is 1. The minimum Gasteiger partial charge on any atom is -0.389 e. The predicted molar refractivity (Wildman–Crippen MR) is 108 cm³/mol. The zero-order valence-corrected chi connectivity index (χ0v) is 16.2. The van der Waals surface area contributed by atoms with E-state index in [9.17, 15) is 5.11 Å². The van der Waals surface area contributed by atoms with Crippen LogP contribution in [0.1, 0.15) is 26.7 Å². The molecule has 4 nitrogen and oxygen atoms in total. The van der Waals surface area contributed by atoms with Crippen LogP contribution in [0, 0.1) is 5.92 Å². The van der Waals surface area contributed by atoms with Crippen LogP contribution in [0.15, 0.2) is 76.9 Å². The number of likely N-dealkylation sites (tertiary alicyclic amines) is 1. The Morgan fingerprint density at radius 1 is 1.42 bits per heavy atom. The minimum atomic E-state index is -0.428. The van der Waals surface area contributed by atoms with Gasteiger partial charge in [0.05, 0.1) is 22.0 Å². The summed E-state index contributed by atoms with van der Waals surface area (Å²) < 4.78 is 0. The van der Waals surface area contributed by atoms with Crippen molar-refractivity contribution in [2.75, 3.05) is 13.1 Å². The number of halogens is 1. The molecule has 26 heavy (non-hydrogen) atoms. The highest BCUT2D eigenvalue weighted by Crippen LogP contribution is 2.49. The van der Waals surface area contributed by atoms with E-state index in [1.165, 1.54) is 0 Å². The molecule has 1 saturated heterocycles. The van der Waals surface area contributed by atoms with E-state index in [2.05, 4.69) is 18.1 Å². The molecule has 0 spiro atoms. The Labute approximate surface area is 160 Å². The first-order valence-electron chi connectivity index (χ1n) is 8.96. The maximum Gasteiger partial charge on any atom is 0.128 e. The minimum absolute atomic E-state index is 0.356. The topological polar surface area (TPSA) is 39.1 Å². The van der Waals surface area contributed by atoms with Gasteiger partial charge in [0.1, 0.15) is 5.84 Å². The van der Waals surface area contributed by atoms with Crippen molar-refractivity contribution in [3.63, 3.8) is 0 Å². The molecule has 3 aliphatic rings. The highest BCUT2D eigenvalue weighted by atomic mass is 35.5. The van der Waals surface area contributed by atoms with Crippen LogP contribution in [0.4, 0.5) is 0 Å². The Morgan fingerprint density at radius 2 is 2.19 bits per heavy atom. The Balaban J connectivity index is 1.81. The van der Waals surface area contributed by atoms with Crippen LogP contribution in [0.5, 0.6) is 0 Å². The van der Waals surface area contributed by atoms with Crippen molar-refractivity contribution in [3.05, 3.63) is 71.9 Å². The monoisotopic (exact) mass is 371 g/mol. The summed E-state index contributed by atoms with van der Waals surface area (Å²) in [5.74, 6) is 1.23. The highest BCUT2D eigenvalue weighted by Gasteiger charge is 2.55. The lowest BCUT2D eigenvalue weighted by molar-refractivity contribution is 0.0857. The quantitative estimate of drug-likeness (QED) is 0.455. The molecule has 0 aromatic carbocycles. The summed E-state index contributed by atoms with van der Waals surface area (Å²) in [6, 6.07) is 0. The van der Waals surface area contributed by atoms with Crippen molar-refractivity contribution in [2.24, 2.45) is 10.9 Å². The number of piperidine rings is 1. The van der Waals surface area contributed by atoms with Crippen LogP contribution in [0.25, 0.3) is 0 Å². The standard InChI is InChI=1S/C21H26ClN3O/c1-5-7-20(24-11-10-21(26)12-17(21)13-24)23-16(4)19(6-2)25-14-18(22)9-8-15(25)3/h5-9,14,17,26H,3-4,10-13H2,1-2H3/b7-5-,19-6-,23-20?. The number of rotatable bonds is 4. The van der Waals surface area contributed by atoms with Gasteiger partial charge in [-0.25, -0.2) is 4.99 Å². The van der Waals surface area contributed by atoms with E-state index in [-0.39, 0.29) is 0 Å². The molecular formula is C21H26ClN3O. The summed E-state index contributed by atoms with van der Waals surface area (Å²) in [6.45, 7) is 13.8. The van der Waals surface area contributed by atoms with Gasteiger partial charge in [0.25, 0.3) is 0 Å². The average molecular weight is 372 g/mol. The Morgan fingerprint density at radius 3 is 2.85 bits per heavy atom. The largest absolute Gasteiger partial charge is 0.389 e. The molecule has 2 heterocycles. The third kappa shape index (κ3) is 3.71.